The van der Waals surface area contributed by atoms with E-state index in [2.05, 4.69) is 0 Å². The van der Waals surface area contributed by atoms with Gasteiger partial charge >= 0.3 is 0 Å². The molecule has 0 aliphatic carbocycles. The normalized spacial score (nSPS) is 11.3. The molecule has 9 heteroatoms. The van der Waals surface area contributed by atoms with Crippen molar-refractivity contribution in [3.8, 4) is 5.75 Å². The minimum Gasteiger partial charge on any atom is -0.496 e. The van der Waals surface area contributed by atoms with Crippen LogP contribution in [0.5, 0.6) is 5.75 Å². The predicted molar refractivity (Wildman–Crippen MR) is 76.9 cm³/mol. The summed E-state index contributed by atoms with van der Waals surface area (Å²) < 4.78 is 55.7. The smallest absolute Gasteiger partial charge is 0.270 e. The second-order valence-corrected chi connectivity index (χ2v) is 6.58. The zero-order valence-corrected chi connectivity index (χ0v) is 12.6. The van der Waals surface area contributed by atoms with E-state index in [0.29, 0.717) is 12.1 Å². The van der Waals surface area contributed by atoms with E-state index in [4.69, 9.17) is 4.74 Å². The molecule has 122 valence electrons. The van der Waals surface area contributed by atoms with Crippen LogP contribution >= 0.6 is 0 Å². The highest BCUT2D eigenvalue weighted by molar-refractivity contribution is 7.90. The van der Waals surface area contributed by atoms with Crippen LogP contribution in [0.2, 0.25) is 0 Å². The maximum absolute atomic E-state index is 13.2. The first-order valence-corrected chi connectivity index (χ1v) is 7.89. The monoisotopic (exact) mass is 343 g/mol. The van der Waals surface area contributed by atoms with Gasteiger partial charge in [-0.15, -0.1) is 0 Å². The Morgan fingerprint density at radius 1 is 1.13 bits per heavy atom. The van der Waals surface area contributed by atoms with Crippen molar-refractivity contribution in [2.45, 2.75) is 10.6 Å². The number of ether oxygens (including phenoxy) is 1. The van der Waals surface area contributed by atoms with Crippen LogP contribution in [0.15, 0.2) is 41.3 Å². The molecule has 6 nitrogen and oxygen atoms in total. The summed E-state index contributed by atoms with van der Waals surface area (Å²) in [6, 6.07) is 5.70. The van der Waals surface area contributed by atoms with Gasteiger partial charge in [0.1, 0.15) is 5.75 Å². The van der Waals surface area contributed by atoms with Gasteiger partial charge in [0.15, 0.2) is 21.5 Å². The molecule has 0 spiro atoms. The molecule has 0 saturated carbocycles. The standard InChI is InChI=1S/C14H11F2NO5S/c1-22-14-5-2-10(17(18)19)6-9(14)8-23(20,21)11-3-4-12(15)13(16)7-11/h2-7H,8H2,1H3. The number of halogens is 2. The predicted octanol–water partition coefficient (Wildman–Crippen LogP) is 2.86. The maximum atomic E-state index is 13.2. The summed E-state index contributed by atoms with van der Waals surface area (Å²) in [5.74, 6) is -2.97. The van der Waals surface area contributed by atoms with Crippen LogP contribution in [0.25, 0.3) is 0 Å². The van der Waals surface area contributed by atoms with Crippen molar-refractivity contribution in [3.63, 3.8) is 0 Å². The second kappa shape index (κ2) is 6.29. The molecule has 0 aliphatic rings. The Kier molecular flexibility index (Phi) is 4.60. The minimum atomic E-state index is -4.04. The number of rotatable bonds is 5. The molecule has 0 aliphatic heterocycles. The van der Waals surface area contributed by atoms with E-state index in [1.807, 2.05) is 0 Å². The molecule has 0 aromatic heterocycles. The van der Waals surface area contributed by atoms with E-state index >= 15 is 0 Å². The number of sulfone groups is 1. The highest BCUT2D eigenvalue weighted by Gasteiger charge is 2.21. The molecule has 0 N–H and O–H groups in total. The molecule has 0 atom stereocenters. The number of nitro groups is 1. The zero-order valence-electron chi connectivity index (χ0n) is 11.8. The molecule has 0 amide bonds. The number of hydrogen-bond donors (Lipinski definition) is 0. The molecule has 0 unspecified atom stereocenters. The molecule has 2 aromatic carbocycles. The molecular formula is C14H11F2NO5S. The van der Waals surface area contributed by atoms with Crippen molar-refractivity contribution in [2.75, 3.05) is 7.11 Å². The Balaban J connectivity index is 2.45. The average molecular weight is 343 g/mol. The average Bonchev–Trinajstić information content (AvgIpc) is 2.49. The van der Waals surface area contributed by atoms with Crippen LogP contribution in [-0.4, -0.2) is 20.5 Å². The summed E-state index contributed by atoms with van der Waals surface area (Å²) in [6.07, 6.45) is 0. The van der Waals surface area contributed by atoms with Gasteiger partial charge in [0.2, 0.25) is 0 Å². The number of methoxy groups -OCH3 is 1. The minimum absolute atomic E-state index is 0.0476. The molecule has 0 fully saturated rings. The fourth-order valence-corrected chi connectivity index (χ4v) is 3.31. The van der Waals surface area contributed by atoms with E-state index in [-0.39, 0.29) is 17.0 Å². The van der Waals surface area contributed by atoms with Crippen molar-refractivity contribution in [2.24, 2.45) is 0 Å². The summed E-state index contributed by atoms with van der Waals surface area (Å²) in [5.41, 5.74) is -0.257. The second-order valence-electron chi connectivity index (χ2n) is 4.59. The van der Waals surface area contributed by atoms with Gasteiger partial charge < -0.3 is 4.74 Å². The fourth-order valence-electron chi connectivity index (χ4n) is 1.95. The summed E-state index contributed by atoms with van der Waals surface area (Å²) in [4.78, 5) is 9.70. The third kappa shape index (κ3) is 3.62. The lowest BCUT2D eigenvalue weighted by Gasteiger charge is -2.09. The molecule has 0 radical (unpaired) electrons. The quantitative estimate of drug-likeness (QED) is 0.473. The first kappa shape index (κ1) is 16.8. The molecule has 2 aromatic rings. The number of benzene rings is 2. The highest BCUT2D eigenvalue weighted by Crippen LogP contribution is 2.28. The Morgan fingerprint density at radius 3 is 2.39 bits per heavy atom. The van der Waals surface area contributed by atoms with Crippen LogP contribution < -0.4 is 4.74 Å². The Labute approximate surface area is 130 Å². The Bertz CT molecular complexity index is 867. The Hall–Kier alpha value is -2.55. The van der Waals surface area contributed by atoms with Crippen molar-refractivity contribution in [1.82, 2.24) is 0 Å². The lowest BCUT2D eigenvalue weighted by atomic mass is 10.2. The molecule has 0 saturated heterocycles. The summed E-state index contributed by atoms with van der Waals surface area (Å²) in [6.45, 7) is 0. The van der Waals surface area contributed by atoms with Gasteiger partial charge in [0, 0.05) is 17.7 Å². The Morgan fingerprint density at radius 2 is 1.83 bits per heavy atom. The van der Waals surface area contributed by atoms with E-state index in [9.17, 15) is 27.3 Å². The first-order valence-electron chi connectivity index (χ1n) is 6.23. The van der Waals surface area contributed by atoms with E-state index in [0.717, 1.165) is 12.1 Å². The summed E-state index contributed by atoms with van der Waals surface area (Å²) in [7, 11) is -2.75. The van der Waals surface area contributed by atoms with Crippen LogP contribution in [0.3, 0.4) is 0 Å². The molecule has 2 rings (SSSR count). The summed E-state index contributed by atoms with van der Waals surface area (Å²) >= 11 is 0. The molecular weight excluding hydrogens is 332 g/mol. The lowest BCUT2D eigenvalue weighted by Crippen LogP contribution is -2.07. The van der Waals surface area contributed by atoms with Gasteiger partial charge in [-0.2, -0.15) is 0 Å². The van der Waals surface area contributed by atoms with Gasteiger partial charge in [-0.1, -0.05) is 0 Å². The van der Waals surface area contributed by atoms with Crippen molar-refractivity contribution < 1.29 is 26.9 Å². The maximum Gasteiger partial charge on any atom is 0.270 e. The van der Waals surface area contributed by atoms with Crippen molar-refractivity contribution in [1.29, 1.82) is 0 Å². The van der Waals surface area contributed by atoms with Crippen molar-refractivity contribution in [3.05, 3.63) is 63.7 Å². The van der Waals surface area contributed by atoms with Gasteiger partial charge in [0.25, 0.3) is 5.69 Å². The number of nitro benzene ring substituents is 1. The van der Waals surface area contributed by atoms with Crippen LogP contribution in [0, 0.1) is 21.7 Å². The third-order valence-electron chi connectivity index (χ3n) is 3.07. The number of nitrogens with zero attached hydrogens (tertiary/aromatic N) is 1. The van der Waals surface area contributed by atoms with Gasteiger partial charge in [-0.3, -0.25) is 10.1 Å². The van der Waals surface area contributed by atoms with Gasteiger partial charge in [-0.25, -0.2) is 17.2 Å². The van der Waals surface area contributed by atoms with Gasteiger partial charge in [-0.05, 0) is 24.3 Å². The van der Waals surface area contributed by atoms with Crippen LogP contribution in [0.4, 0.5) is 14.5 Å². The molecule has 23 heavy (non-hydrogen) atoms. The van der Waals surface area contributed by atoms with E-state index in [1.54, 1.807) is 0 Å². The summed E-state index contributed by atoms with van der Waals surface area (Å²) in [5, 5.41) is 10.8. The van der Waals surface area contributed by atoms with Crippen LogP contribution in [0.1, 0.15) is 5.56 Å². The largest absolute Gasteiger partial charge is 0.496 e. The first-order chi connectivity index (χ1) is 10.7. The molecule has 0 bridgehead atoms. The molecule has 0 heterocycles. The highest BCUT2D eigenvalue weighted by atomic mass is 32.2. The lowest BCUT2D eigenvalue weighted by molar-refractivity contribution is -0.384. The zero-order chi connectivity index (χ0) is 17.2. The third-order valence-corrected chi connectivity index (χ3v) is 4.73. The number of non-ortho nitro benzene ring substituents is 1. The van der Waals surface area contributed by atoms with Crippen LogP contribution in [-0.2, 0) is 15.6 Å². The van der Waals surface area contributed by atoms with Gasteiger partial charge in [0.05, 0.1) is 22.7 Å². The number of hydrogen-bond acceptors (Lipinski definition) is 5. The fraction of sp³-hybridized carbons (Fsp3) is 0.143. The topological polar surface area (TPSA) is 86.5 Å². The van der Waals surface area contributed by atoms with E-state index < -0.39 is 37.0 Å². The van der Waals surface area contributed by atoms with Crippen molar-refractivity contribution >= 4 is 15.5 Å². The van der Waals surface area contributed by atoms with E-state index in [1.165, 1.54) is 19.2 Å². The SMILES string of the molecule is COc1ccc([N+](=O)[O-])cc1CS(=O)(=O)c1ccc(F)c(F)c1.